The third-order valence-corrected chi connectivity index (χ3v) is 4.43. The van der Waals surface area contributed by atoms with Crippen LogP contribution in [0.15, 0.2) is 36.0 Å². The van der Waals surface area contributed by atoms with E-state index in [1.54, 1.807) is 32.1 Å². The summed E-state index contributed by atoms with van der Waals surface area (Å²) in [5.74, 6) is -0.0163. The van der Waals surface area contributed by atoms with E-state index in [4.69, 9.17) is 4.84 Å². The summed E-state index contributed by atoms with van der Waals surface area (Å²) in [4.78, 5) is 16.7. The Kier molecular flexibility index (Phi) is 4.60. The number of benzene rings is 1. The van der Waals surface area contributed by atoms with E-state index >= 15 is 0 Å². The molecule has 0 radical (unpaired) electrons. The highest BCUT2D eigenvalue weighted by molar-refractivity contribution is 7.90. The molecule has 2 rings (SSSR count). The smallest absolute Gasteiger partial charge is 0.293 e. The van der Waals surface area contributed by atoms with Crippen LogP contribution in [0.25, 0.3) is 0 Å². The van der Waals surface area contributed by atoms with Gasteiger partial charge in [-0.15, -0.1) is 4.47 Å². The van der Waals surface area contributed by atoms with E-state index in [9.17, 15) is 13.2 Å². The summed E-state index contributed by atoms with van der Waals surface area (Å²) in [6.07, 6.45) is 1.41. The molecule has 0 saturated heterocycles. The molecule has 0 amide bonds. The summed E-state index contributed by atoms with van der Waals surface area (Å²) >= 11 is 3.91. The van der Waals surface area contributed by atoms with Crippen LogP contribution in [0, 0.1) is 0 Å². The van der Waals surface area contributed by atoms with Gasteiger partial charge in [-0.3, -0.25) is 14.4 Å². The summed E-state index contributed by atoms with van der Waals surface area (Å²) in [6, 6.07) is 6.14. The number of nitrogens with one attached hydrogen (secondary N) is 1. The van der Waals surface area contributed by atoms with Crippen LogP contribution in [0.3, 0.4) is 0 Å². The van der Waals surface area contributed by atoms with Crippen LogP contribution in [-0.2, 0) is 15.0 Å². The van der Waals surface area contributed by atoms with Crippen LogP contribution >= 0.6 is 12.6 Å². The maximum absolute atomic E-state index is 12.2. The van der Waals surface area contributed by atoms with E-state index in [0.717, 1.165) is 4.47 Å². The molecule has 6 nitrogen and oxygen atoms in total. The van der Waals surface area contributed by atoms with Gasteiger partial charge in [0, 0.05) is 5.56 Å². The van der Waals surface area contributed by atoms with Crippen molar-refractivity contribution in [1.82, 2.24) is 4.47 Å². The Morgan fingerprint density at radius 2 is 2.00 bits per heavy atom. The number of Topliss-reactive ketones (excluding diaryl/α,β-unsaturated/α-hetero) is 1. The molecule has 0 aromatic heterocycles. The van der Waals surface area contributed by atoms with E-state index in [1.807, 2.05) is 0 Å². The predicted octanol–water partition coefficient (Wildman–Crippen LogP) is 2.00. The van der Waals surface area contributed by atoms with Crippen molar-refractivity contribution in [1.29, 1.82) is 0 Å². The maximum Gasteiger partial charge on any atom is 0.346 e. The number of rotatable bonds is 5. The highest BCUT2D eigenvalue weighted by Crippen LogP contribution is 2.23. The highest BCUT2D eigenvalue weighted by Gasteiger charge is 2.29. The lowest BCUT2D eigenvalue weighted by molar-refractivity contribution is -0.0600. The molecule has 0 fully saturated rings. The average Bonchev–Trinajstić information content (AvgIpc) is 2.78. The van der Waals surface area contributed by atoms with Gasteiger partial charge in [0.15, 0.2) is 5.78 Å². The van der Waals surface area contributed by atoms with Gasteiger partial charge in [-0.1, -0.05) is 0 Å². The van der Waals surface area contributed by atoms with Crippen molar-refractivity contribution >= 4 is 34.3 Å². The van der Waals surface area contributed by atoms with E-state index in [2.05, 4.69) is 17.4 Å². The van der Waals surface area contributed by atoms with Gasteiger partial charge < -0.3 is 0 Å². The fourth-order valence-electron chi connectivity index (χ4n) is 1.92. The standard InChI is InChI=1S/C13H16N2O4S2/c1-9-7-10(2)19-15(9)21(17,18)14-12-5-3-11(4-6-12)13(16)8-20/h3-7,10,14,20H,8H2,1-2H3. The van der Waals surface area contributed by atoms with Crippen LogP contribution in [0.2, 0.25) is 0 Å². The highest BCUT2D eigenvalue weighted by atomic mass is 32.2. The predicted molar refractivity (Wildman–Crippen MR) is 83.3 cm³/mol. The monoisotopic (exact) mass is 328 g/mol. The second kappa shape index (κ2) is 6.08. The molecule has 114 valence electrons. The number of hydrogen-bond acceptors (Lipinski definition) is 5. The topological polar surface area (TPSA) is 75.7 Å². The first-order valence-electron chi connectivity index (χ1n) is 6.26. The molecule has 0 spiro atoms. The number of hydroxylamine groups is 1. The van der Waals surface area contributed by atoms with Crippen molar-refractivity contribution in [2.24, 2.45) is 0 Å². The molecular weight excluding hydrogens is 312 g/mol. The molecule has 1 aromatic carbocycles. The van der Waals surface area contributed by atoms with Gasteiger partial charge in [-0.05, 0) is 44.2 Å². The number of thiol groups is 1. The zero-order valence-corrected chi connectivity index (χ0v) is 13.3. The molecule has 1 aromatic rings. The molecule has 0 saturated carbocycles. The molecular formula is C13H16N2O4S2. The van der Waals surface area contributed by atoms with Crippen molar-refractivity contribution in [3.8, 4) is 0 Å². The van der Waals surface area contributed by atoms with Gasteiger partial charge in [0.25, 0.3) is 0 Å². The van der Waals surface area contributed by atoms with Crippen LogP contribution in [0.1, 0.15) is 24.2 Å². The molecule has 0 aliphatic carbocycles. The van der Waals surface area contributed by atoms with Gasteiger partial charge in [0.1, 0.15) is 6.10 Å². The first-order valence-corrected chi connectivity index (χ1v) is 8.33. The third kappa shape index (κ3) is 3.58. The lowest BCUT2D eigenvalue weighted by Gasteiger charge is -2.20. The van der Waals surface area contributed by atoms with E-state index in [0.29, 0.717) is 16.9 Å². The Morgan fingerprint density at radius 1 is 1.38 bits per heavy atom. The largest absolute Gasteiger partial charge is 0.346 e. The van der Waals surface area contributed by atoms with Gasteiger partial charge in [-0.25, -0.2) is 0 Å². The quantitative estimate of drug-likeness (QED) is 0.640. The Labute approximate surface area is 129 Å². The maximum atomic E-state index is 12.2. The SMILES string of the molecule is CC1=CC(C)ON1S(=O)(=O)Nc1ccc(C(=O)CS)cc1. The van der Waals surface area contributed by atoms with E-state index < -0.39 is 10.2 Å². The summed E-state index contributed by atoms with van der Waals surface area (Å²) in [5, 5.41) is 0. The average molecular weight is 328 g/mol. The third-order valence-electron chi connectivity index (χ3n) is 2.84. The first kappa shape index (κ1) is 15.9. The fourth-order valence-corrected chi connectivity index (χ4v) is 3.31. The molecule has 1 aliphatic rings. The van der Waals surface area contributed by atoms with Gasteiger partial charge in [0.2, 0.25) is 0 Å². The first-order chi connectivity index (χ1) is 9.83. The molecule has 1 unspecified atom stereocenters. The Bertz CT molecular complexity index is 668. The molecule has 1 heterocycles. The minimum absolute atomic E-state index is 0.106. The van der Waals surface area contributed by atoms with Gasteiger partial charge >= 0.3 is 10.2 Å². The van der Waals surface area contributed by atoms with E-state index in [1.165, 1.54) is 12.1 Å². The second-order valence-electron chi connectivity index (χ2n) is 4.61. The summed E-state index contributed by atoms with van der Waals surface area (Å²) in [5.41, 5.74) is 1.33. The number of allylic oxidation sites excluding steroid dienone is 1. The Hall–Kier alpha value is -1.51. The minimum atomic E-state index is -3.84. The molecule has 1 atom stereocenters. The fraction of sp³-hybridized carbons (Fsp3) is 0.308. The number of carbonyl (C=O) groups excluding carboxylic acids is 1. The molecule has 1 N–H and O–H groups in total. The lowest BCUT2D eigenvalue weighted by Crippen LogP contribution is -2.32. The van der Waals surface area contributed by atoms with E-state index in [-0.39, 0.29) is 17.6 Å². The zero-order valence-electron chi connectivity index (χ0n) is 11.6. The van der Waals surface area contributed by atoms with Crippen molar-refractivity contribution in [2.75, 3.05) is 10.5 Å². The number of anilines is 1. The van der Waals surface area contributed by atoms with Crippen molar-refractivity contribution in [3.63, 3.8) is 0 Å². The number of nitrogens with zero attached hydrogens (tertiary/aromatic N) is 1. The van der Waals surface area contributed by atoms with Crippen LogP contribution in [0.5, 0.6) is 0 Å². The molecule has 21 heavy (non-hydrogen) atoms. The minimum Gasteiger partial charge on any atom is -0.293 e. The molecule has 8 heteroatoms. The lowest BCUT2D eigenvalue weighted by atomic mass is 10.1. The van der Waals surface area contributed by atoms with Crippen LogP contribution < -0.4 is 4.72 Å². The second-order valence-corrected chi connectivity index (χ2v) is 6.41. The normalized spacial score (nSPS) is 18.5. The van der Waals surface area contributed by atoms with Crippen LogP contribution in [0.4, 0.5) is 5.69 Å². The summed E-state index contributed by atoms with van der Waals surface area (Å²) in [7, 11) is -3.84. The zero-order chi connectivity index (χ0) is 15.6. The number of carbonyl (C=O) groups is 1. The number of ketones is 1. The summed E-state index contributed by atoms with van der Waals surface area (Å²) in [6.45, 7) is 3.40. The molecule has 1 aliphatic heterocycles. The number of hydrogen-bond donors (Lipinski definition) is 2. The van der Waals surface area contributed by atoms with Crippen molar-refractivity contribution < 1.29 is 18.0 Å². The Balaban J connectivity index is 2.14. The van der Waals surface area contributed by atoms with Gasteiger partial charge in [0.05, 0.1) is 17.1 Å². The van der Waals surface area contributed by atoms with Crippen molar-refractivity contribution in [3.05, 3.63) is 41.6 Å². The molecule has 0 bridgehead atoms. The Morgan fingerprint density at radius 3 is 2.48 bits per heavy atom. The van der Waals surface area contributed by atoms with Crippen molar-refractivity contribution in [2.45, 2.75) is 20.0 Å². The van der Waals surface area contributed by atoms with Gasteiger partial charge in [-0.2, -0.15) is 21.0 Å². The van der Waals surface area contributed by atoms with Crippen LogP contribution in [-0.4, -0.2) is 30.5 Å². The summed E-state index contributed by atoms with van der Waals surface area (Å²) < 4.78 is 27.7.